The van der Waals surface area contributed by atoms with Gasteiger partial charge >= 0.3 is 0 Å². The largest absolute Gasteiger partial charge is 0.344 e. The molecule has 2 atom stereocenters. The first-order chi connectivity index (χ1) is 8.84. The van der Waals surface area contributed by atoms with Crippen LogP contribution in [-0.2, 0) is 4.79 Å². The van der Waals surface area contributed by atoms with Gasteiger partial charge in [-0.05, 0) is 33.3 Å². The smallest absolute Gasteiger partial charge is 0.245 e. The van der Waals surface area contributed by atoms with E-state index >= 15 is 0 Å². The molecule has 1 aliphatic heterocycles. The van der Waals surface area contributed by atoms with Crippen LogP contribution in [0.1, 0.15) is 41.1 Å². The van der Waals surface area contributed by atoms with Crippen molar-refractivity contribution in [1.29, 1.82) is 0 Å². The van der Waals surface area contributed by atoms with E-state index in [0.29, 0.717) is 5.56 Å². The zero-order chi connectivity index (χ0) is 14.3. The number of aromatic nitrogens is 1. The van der Waals surface area contributed by atoms with E-state index in [1.54, 1.807) is 11.8 Å². The number of ketones is 1. The summed E-state index contributed by atoms with van der Waals surface area (Å²) in [6, 6.07) is 1.65. The van der Waals surface area contributed by atoms with Crippen molar-refractivity contribution in [1.82, 2.24) is 9.47 Å². The molecule has 1 aromatic heterocycles. The standard InChI is InChI=1S/C14H19ClN2O2/c1-8-7-11(13(18)9(2)15)10(3)17(8)12-5-6-16(4)14(12)19/h7,9,12H,5-6H2,1-4H3. The molecule has 4 nitrogen and oxygen atoms in total. The molecule has 0 radical (unpaired) electrons. The predicted molar refractivity (Wildman–Crippen MR) is 74.8 cm³/mol. The van der Waals surface area contributed by atoms with Crippen molar-refractivity contribution in [2.75, 3.05) is 13.6 Å². The van der Waals surface area contributed by atoms with E-state index in [0.717, 1.165) is 24.4 Å². The molecule has 2 heterocycles. The molecule has 1 amide bonds. The highest BCUT2D eigenvalue weighted by Gasteiger charge is 2.33. The van der Waals surface area contributed by atoms with E-state index in [2.05, 4.69) is 0 Å². The average Bonchev–Trinajstić information content (AvgIpc) is 2.81. The van der Waals surface area contributed by atoms with Crippen LogP contribution < -0.4 is 0 Å². The molecule has 0 N–H and O–H groups in total. The molecule has 2 unspecified atom stereocenters. The third-order valence-electron chi connectivity index (χ3n) is 3.82. The molecule has 1 fully saturated rings. The van der Waals surface area contributed by atoms with Gasteiger partial charge in [-0.25, -0.2) is 0 Å². The zero-order valence-corrected chi connectivity index (χ0v) is 12.5. The highest BCUT2D eigenvalue weighted by molar-refractivity contribution is 6.33. The fourth-order valence-electron chi connectivity index (χ4n) is 2.76. The summed E-state index contributed by atoms with van der Waals surface area (Å²) in [5.74, 6) is 0.0274. The number of likely N-dealkylation sites (N-methyl/N-ethyl adjacent to an activating group) is 1. The van der Waals surface area contributed by atoms with Crippen molar-refractivity contribution in [2.45, 2.75) is 38.6 Å². The van der Waals surface area contributed by atoms with Crippen LogP contribution in [0.2, 0.25) is 0 Å². The summed E-state index contributed by atoms with van der Waals surface area (Å²) >= 11 is 5.87. The second-order valence-corrected chi connectivity index (χ2v) is 5.85. The van der Waals surface area contributed by atoms with Crippen LogP contribution in [-0.4, -0.2) is 40.1 Å². The number of aryl methyl sites for hydroxylation is 1. The first kappa shape index (κ1) is 14.1. The molecule has 1 aromatic rings. The zero-order valence-electron chi connectivity index (χ0n) is 11.7. The molecule has 19 heavy (non-hydrogen) atoms. The van der Waals surface area contributed by atoms with Gasteiger partial charge < -0.3 is 9.47 Å². The van der Waals surface area contributed by atoms with E-state index < -0.39 is 5.38 Å². The average molecular weight is 283 g/mol. The van der Waals surface area contributed by atoms with Gasteiger partial charge in [-0.1, -0.05) is 0 Å². The Morgan fingerprint density at radius 1 is 1.47 bits per heavy atom. The Bertz CT molecular complexity index is 534. The molecule has 104 valence electrons. The van der Waals surface area contributed by atoms with E-state index in [4.69, 9.17) is 11.6 Å². The number of likely N-dealkylation sites (tertiary alicyclic amines) is 1. The van der Waals surface area contributed by atoms with E-state index in [1.165, 1.54) is 0 Å². The summed E-state index contributed by atoms with van der Waals surface area (Å²) in [4.78, 5) is 25.9. The number of Topliss-reactive ketones (excluding diaryl/α,β-unsaturated/α-hetero) is 1. The number of nitrogens with zero attached hydrogens (tertiary/aromatic N) is 2. The summed E-state index contributed by atoms with van der Waals surface area (Å²) in [6.07, 6.45) is 0.787. The minimum atomic E-state index is -0.545. The lowest BCUT2D eigenvalue weighted by molar-refractivity contribution is -0.129. The van der Waals surface area contributed by atoms with Crippen LogP contribution in [0.15, 0.2) is 6.07 Å². The number of amides is 1. The number of hydrogen-bond acceptors (Lipinski definition) is 2. The third-order valence-corrected chi connectivity index (χ3v) is 4.02. The quantitative estimate of drug-likeness (QED) is 0.631. The number of rotatable bonds is 3. The van der Waals surface area contributed by atoms with Crippen molar-refractivity contribution in [3.8, 4) is 0 Å². The van der Waals surface area contributed by atoms with Gasteiger partial charge in [-0.3, -0.25) is 9.59 Å². The van der Waals surface area contributed by atoms with Crippen molar-refractivity contribution in [2.24, 2.45) is 0 Å². The maximum Gasteiger partial charge on any atom is 0.245 e. The lowest BCUT2D eigenvalue weighted by Gasteiger charge is -2.16. The first-order valence-electron chi connectivity index (χ1n) is 6.46. The van der Waals surface area contributed by atoms with Crippen LogP contribution in [0, 0.1) is 13.8 Å². The Morgan fingerprint density at radius 2 is 2.11 bits per heavy atom. The first-order valence-corrected chi connectivity index (χ1v) is 6.90. The van der Waals surface area contributed by atoms with Crippen LogP contribution >= 0.6 is 11.6 Å². The fraction of sp³-hybridized carbons (Fsp3) is 0.571. The molecule has 1 saturated heterocycles. The molecular formula is C14H19ClN2O2. The lowest BCUT2D eigenvalue weighted by atomic mass is 10.1. The fourth-order valence-corrected chi connectivity index (χ4v) is 2.88. The van der Waals surface area contributed by atoms with Crippen molar-refractivity contribution in [3.63, 3.8) is 0 Å². The molecule has 0 aromatic carbocycles. The lowest BCUT2D eigenvalue weighted by Crippen LogP contribution is -2.25. The van der Waals surface area contributed by atoms with E-state index in [9.17, 15) is 9.59 Å². The number of carbonyl (C=O) groups excluding carboxylic acids is 2. The van der Waals surface area contributed by atoms with E-state index in [-0.39, 0.29) is 17.7 Å². The summed E-state index contributed by atoms with van der Waals surface area (Å²) < 4.78 is 1.97. The topological polar surface area (TPSA) is 42.3 Å². The van der Waals surface area contributed by atoms with Gasteiger partial charge in [0.1, 0.15) is 6.04 Å². The maximum absolute atomic E-state index is 12.1. The summed E-state index contributed by atoms with van der Waals surface area (Å²) in [7, 11) is 1.81. The van der Waals surface area contributed by atoms with Gasteiger partial charge in [-0.15, -0.1) is 11.6 Å². The van der Waals surface area contributed by atoms with Gasteiger partial charge in [0.25, 0.3) is 0 Å². The number of alkyl halides is 1. The summed E-state index contributed by atoms with van der Waals surface area (Å²) in [5.41, 5.74) is 2.40. The molecule has 1 aliphatic rings. The highest BCUT2D eigenvalue weighted by atomic mass is 35.5. The van der Waals surface area contributed by atoms with Crippen LogP contribution in [0.25, 0.3) is 0 Å². The molecule has 2 rings (SSSR count). The van der Waals surface area contributed by atoms with Crippen molar-refractivity contribution >= 4 is 23.3 Å². The number of hydrogen-bond donors (Lipinski definition) is 0. The molecule has 0 bridgehead atoms. The monoisotopic (exact) mass is 282 g/mol. The Morgan fingerprint density at radius 3 is 2.58 bits per heavy atom. The summed E-state index contributed by atoms with van der Waals surface area (Å²) in [5, 5.41) is -0.545. The highest BCUT2D eigenvalue weighted by Crippen LogP contribution is 2.29. The van der Waals surface area contributed by atoms with Crippen LogP contribution in [0.3, 0.4) is 0 Å². The molecular weight excluding hydrogens is 264 g/mol. The van der Waals surface area contributed by atoms with Gasteiger partial charge in [0.05, 0.1) is 5.38 Å². The van der Waals surface area contributed by atoms with Crippen LogP contribution in [0.5, 0.6) is 0 Å². The minimum absolute atomic E-state index is 0.0835. The predicted octanol–water partition coefficient (Wildman–Crippen LogP) is 2.32. The minimum Gasteiger partial charge on any atom is -0.344 e. The van der Waals surface area contributed by atoms with Crippen molar-refractivity contribution in [3.05, 3.63) is 23.0 Å². The molecule has 0 saturated carbocycles. The second-order valence-electron chi connectivity index (χ2n) is 5.20. The second kappa shape index (κ2) is 5.00. The van der Waals surface area contributed by atoms with Gasteiger partial charge in [0.15, 0.2) is 5.78 Å². The molecule has 0 spiro atoms. The third kappa shape index (κ3) is 2.29. The number of carbonyl (C=O) groups is 2. The van der Waals surface area contributed by atoms with Gasteiger partial charge in [0, 0.05) is 30.5 Å². The maximum atomic E-state index is 12.1. The van der Waals surface area contributed by atoms with Crippen molar-refractivity contribution < 1.29 is 9.59 Å². The Hall–Kier alpha value is -1.29. The molecule has 0 aliphatic carbocycles. The number of halogens is 1. The normalized spacial score (nSPS) is 21.0. The Balaban J connectivity index is 2.43. The van der Waals surface area contributed by atoms with Crippen LogP contribution in [0.4, 0.5) is 0 Å². The van der Waals surface area contributed by atoms with Gasteiger partial charge in [0.2, 0.25) is 5.91 Å². The summed E-state index contributed by atoms with van der Waals surface area (Å²) in [6.45, 7) is 6.24. The van der Waals surface area contributed by atoms with E-state index in [1.807, 2.05) is 31.5 Å². The SMILES string of the molecule is Cc1cc(C(=O)C(C)Cl)c(C)n1C1CCN(C)C1=O. The van der Waals surface area contributed by atoms with Gasteiger partial charge in [-0.2, -0.15) is 0 Å². The molecule has 5 heteroatoms. The Kier molecular flexibility index (Phi) is 3.72. The Labute approximate surface area is 118 Å².